The lowest BCUT2D eigenvalue weighted by Crippen LogP contribution is -2.28. The summed E-state index contributed by atoms with van der Waals surface area (Å²) in [6, 6.07) is 9.48. The molecule has 2 aromatic heterocycles. The van der Waals surface area contributed by atoms with Crippen LogP contribution in [0.2, 0.25) is 0 Å². The number of thioether (sulfide) groups is 1. The van der Waals surface area contributed by atoms with E-state index in [0.717, 1.165) is 16.7 Å². The Morgan fingerprint density at radius 2 is 2.08 bits per heavy atom. The molecule has 1 aromatic carbocycles. The van der Waals surface area contributed by atoms with Crippen molar-refractivity contribution in [3.63, 3.8) is 0 Å². The van der Waals surface area contributed by atoms with Crippen LogP contribution in [-0.2, 0) is 10.2 Å². The number of benzene rings is 1. The summed E-state index contributed by atoms with van der Waals surface area (Å²) in [5.41, 5.74) is 0.599. The van der Waals surface area contributed by atoms with Gasteiger partial charge >= 0.3 is 0 Å². The van der Waals surface area contributed by atoms with Gasteiger partial charge in [0, 0.05) is 10.8 Å². The number of fused-ring (bicyclic) bond motifs is 1. The van der Waals surface area contributed by atoms with Crippen molar-refractivity contribution in [2.24, 2.45) is 0 Å². The summed E-state index contributed by atoms with van der Waals surface area (Å²) < 4.78 is 7.23. The molecule has 3 aromatic rings. The zero-order chi connectivity index (χ0) is 18.9. The van der Waals surface area contributed by atoms with Gasteiger partial charge < -0.3 is 15.6 Å². The van der Waals surface area contributed by atoms with Gasteiger partial charge in [-0.3, -0.25) is 4.79 Å². The van der Waals surface area contributed by atoms with E-state index >= 15 is 0 Å². The predicted molar refractivity (Wildman–Crippen MR) is 102 cm³/mol. The van der Waals surface area contributed by atoms with Gasteiger partial charge in [-0.15, -0.1) is 10.2 Å². The average Bonchev–Trinajstić information content (AvgIpc) is 3.16. The van der Waals surface area contributed by atoms with Crippen LogP contribution in [0.4, 0.5) is 0 Å². The van der Waals surface area contributed by atoms with E-state index in [1.54, 1.807) is 0 Å². The molecule has 7 nitrogen and oxygen atoms in total. The minimum Gasteiger partial charge on any atom is -0.459 e. The highest BCUT2D eigenvalue weighted by Crippen LogP contribution is 2.25. The minimum atomic E-state index is -0.226. The Hall–Kier alpha value is -2.48. The van der Waals surface area contributed by atoms with Gasteiger partial charge in [0.25, 0.3) is 0 Å². The Bertz CT molecular complexity index is 892. The molecule has 0 aliphatic carbocycles. The Balaban J connectivity index is 1.59. The molecule has 0 fully saturated rings. The molecule has 26 heavy (non-hydrogen) atoms. The molecule has 0 radical (unpaired) electrons. The van der Waals surface area contributed by atoms with Crippen molar-refractivity contribution in [3.05, 3.63) is 41.9 Å². The van der Waals surface area contributed by atoms with Crippen LogP contribution in [-0.4, -0.2) is 26.5 Å². The number of hydrogen-bond acceptors (Lipinski definition) is 6. The van der Waals surface area contributed by atoms with E-state index in [1.807, 2.05) is 58.0 Å². The summed E-state index contributed by atoms with van der Waals surface area (Å²) in [4.78, 5) is 12.3. The molecule has 2 heterocycles. The molecule has 1 amide bonds. The number of carbonyl (C=O) groups is 1. The fourth-order valence-corrected chi connectivity index (χ4v) is 3.25. The lowest BCUT2D eigenvalue weighted by atomic mass is 9.96. The van der Waals surface area contributed by atoms with E-state index in [0.29, 0.717) is 11.0 Å². The third kappa shape index (κ3) is 3.85. The number of nitrogens with zero attached hydrogens (tertiary/aromatic N) is 3. The van der Waals surface area contributed by atoms with E-state index < -0.39 is 0 Å². The zero-order valence-corrected chi connectivity index (χ0v) is 16.1. The van der Waals surface area contributed by atoms with Gasteiger partial charge in [0.2, 0.25) is 11.1 Å². The van der Waals surface area contributed by atoms with Crippen molar-refractivity contribution in [3.8, 4) is 0 Å². The van der Waals surface area contributed by atoms with E-state index in [2.05, 4.69) is 15.5 Å². The molecular weight excluding hydrogens is 350 g/mol. The van der Waals surface area contributed by atoms with Crippen molar-refractivity contribution in [1.29, 1.82) is 0 Å². The summed E-state index contributed by atoms with van der Waals surface area (Å²) in [5, 5.41) is 12.7. The lowest BCUT2D eigenvalue weighted by Gasteiger charge is -2.16. The highest BCUT2D eigenvalue weighted by atomic mass is 32.2. The molecule has 0 saturated heterocycles. The molecule has 138 valence electrons. The summed E-state index contributed by atoms with van der Waals surface area (Å²) in [6.45, 7) is 7.92. The first-order valence-corrected chi connectivity index (χ1v) is 9.36. The fourth-order valence-electron chi connectivity index (χ4n) is 2.59. The van der Waals surface area contributed by atoms with Crippen LogP contribution in [0, 0.1) is 0 Å². The van der Waals surface area contributed by atoms with Crippen molar-refractivity contribution in [2.45, 2.75) is 44.3 Å². The molecule has 3 rings (SSSR count). The van der Waals surface area contributed by atoms with Crippen molar-refractivity contribution in [1.82, 2.24) is 20.2 Å². The zero-order valence-electron chi connectivity index (χ0n) is 15.3. The molecule has 0 bridgehead atoms. The fraction of sp³-hybridized carbons (Fsp3) is 0.389. The number of carbonyl (C=O) groups excluding carboxylic acids is 1. The average molecular weight is 373 g/mol. The second kappa shape index (κ2) is 7.03. The molecule has 0 unspecified atom stereocenters. The van der Waals surface area contributed by atoms with Gasteiger partial charge in [0.1, 0.15) is 11.3 Å². The number of hydrogen-bond donors (Lipinski definition) is 2. The molecule has 1 atom stereocenters. The maximum atomic E-state index is 12.3. The first-order valence-electron chi connectivity index (χ1n) is 8.37. The number of nitrogen functional groups attached to an aromatic ring is 1. The first-order chi connectivity index (χ1) is 12.3. The van der Waals surface area contributed by atoms with E-state index in [1.165, 1.54) is 16.4 Å². The number of nitrogens with two attached hydrogens (primary N) is 1. The summed E-state index contributed by atoms with van der Waals surface area (Å²) >= 11 is 1.26. The normalized spacial score (nSPS) is 13.1. The van der Waals surface area contributed by atoms with Crippen LogP contribution in [0.15, 0.2) is 39.9 Å². The molecule has 3 N–H and O–H groups in total. The molecule has 0 aliphatic heterocycles. The van der Waals surface area contributed by atoms with Gasteiger partial charge in [-0.05, 0) is 19.1 Å². The van der Waals surface area contributed by atoms with E-state index in [-0.39, 0.29) is 23.1 Å². The van der Waals surface area contributed by atoms with Gasteiger partial charge in [0.05, 0.1) is 11.8 Å². The quantitative estimate of drug-likeness (QED) is 0.527. The lowest BCUT2D eigenvalue weighted by molar-refractivity contribution is -0.119. The number of rotatable bonds is 5. The SMILES string of the molecule is C[C@@H](NC(=O)CSc1nnc(C(C)(C)C)n1N)c1cc2ccccc2o1. The largest absolute Gasteiger partial charge is 0.459 e. The Morgan fingerprint density at radius 1 is 1.35 bits per heavy atom. The Morgan fingerprint density at radius 3 is 2.73 bits per heavy atom. The number of furan rings is 1. The number of aromatic nitrogens is 3. The van der Waals surface area contributed by atoms with Crippen molar-refractivity contribution < 1.29 is 9.21 Å². The van der Waals surface area contributed by atoms with Crippen LogP contribution in [0.1, 0.15) is 45.3 Å². The van der Waals surface area contributed by atoms with Crippen LogP contribution in [0.25, 0.3) is 11.0 Å². The van der Waals surface area contributed by atoms with Gasteiger partial charge in [-0.25, -0.2) is 4.68 Å². The number of nitrogens with one attached hydrogen (secondary N) is 1. The van der Waals surface area contributed by atoms with Crippen LogP contribution < -0.4 is 11.2 Å². The standard InChI is InChI=1S/C18H23N5O2S/c1-11(14-9-12-7-5-6-8-13(12)25-14)20-15(24)10-26-17-22-21-16(23(17)19)18(2,3)4/h5-9,11H,10,19H2,1-4H3,(H,20,24)/t11-/m1/s1. The molecule has 0 spiro atoms. The smallest absolute Gasteiger partial charge is 0.231 e. The molecule has 0 aliphatic rings. The Labute approximate surface area is 156 Å². The van der Waals surface area contributed by atoms with E-state index in [4.69, 9.17) is 10.3 Å². The predicted octanol–water partition coefficient (Wildman–Crippen LogP) is 3.01. The molecule has 0 saturated carbocycles. The van der Waals surface area contributed by atoms with Crippen LogP contribution in [0.5, 0.6) is 0 Å². The number of para-hydroxylation sites is 1. The third-order valence-corrected chi connectivity index (χ3v) is 4.86. The van der Waals surface area contributed by atoms with Gasteiger partial charge in [-0.1, -0.05) is 50.7 Å². The van der Waals surface area contributed by atoms with Crippen molar-refractivity contribution in [2.75, 3.05) is 11.6 Å². The maximum Gasteiger partial charge on any atom is 0.231 e. The van der Waals surface area contributed by atoms with Gasteiger partial charge in [-0.2, -0.15) is 0 Å². The maximum absolute atomic E-state index is 12.3. The van der Waals surface area contributed by atoms with Crippen LogP contribution >= 0.6 is 11.8 Å². The topological polar surface area (TPSA) is 99.0 Å². The second-order valence-electron chi connectivity index (χ2n) is 7.19. The highest BCUT2D eigenvalue weighted by Gasteiger charge is 2.23. The highest BCUT2D eigenvalue weighted by molar-refractivity contribution is 7.99. The first kappa shape index (κ1) is 18.3. The molecule has 8 heteroatoms. The Kier molecular flexibility index (Phi) is 4.95. The van der Waals surface area contributed by atoms with Crippen molar-refractivity contribution >= 4 is 28.6 Å². The number of amides is 1. The second-order valence-corrected chi connectivity index (χ2v) is 8.13. The van der Waals surface area contributed by atoms with Crippen LogP contribution in [0.3, 0.4) is 0 Å². The molecular formula is C18H23N5O2S. The third-order valence-electron chi connectivity index (χ3n) is 3.92. The monoisotopic (exact) mass is 373 g/mol. The summed E-state index contributed by atoms with van der Waals surface area (Å²) in [6.07, 6.45) is 0. The van der Waals surface area contributed by atoms with E-state index in [9.17, 15) is 4.79 Å². The minimum absolute atomic E-state index is 0.122. The van der Waals surface area contributed by atoms with Gasteiger partial charge in [0.15, 0.2) is 5.82 Å². The summed E-state index contributed by atoms with van der Waals surface area (Å²) in [7, 11) is 0. The summed E-state index contributed by atoms with van der Waals surface area (Å²) in [5.74, 6) is 7.51.